The highest BCUT2D eigenvalue weighted by atomic mass is 16.5. The van der Waals surface area contributed by atoms with E-state index in [1.807, 2.05) is 6.07 Å². The third-order valence-corrected chi connectivity index (χ3v) is 2.71. The molecule has 0 amide bonds. The fraction of sp³-hybridized carbons (Fsp3) is 0.417. The molecule has 0 saturated heterocycles. The normalized spacial score (nSPS) is 10.8. The summed E-state index contributed by atoms with van der Waals surface area (Å²) in [5, 5.41) is 13.9. The molecule has 0 atom stereocenters. The molecular weight excluding hydrogens is 216 g/mol. The average Bonchev–Trinajstić information content (AvgIpc) is 2.81. The molecule has 0 spiro atoms. The number of tetrazole rings is 1. The Morgan fingerprint density at radius 2 is 2.18 bits per heavy atom. The summed E-state index contributed by atoms with van der Waals surface area (Å²) in [5.41, 5.74) is 2.37. The topological polar surface area (TPSA) is 63.7 Å². The number of ether oxygens (including phenoxy) is 1. The van der Waals surface area contributed by atoms with Crippen molar-refractivity contribution < 1.29 is 4.74 Å². The van der Waals surface area contributed by atoms with Crippen molar-refractivity contribution in [1.29, 1.82) is 0 Å². The lowest BCUT2D eigenvalue weighted by Crippen LogP contribution is -1.98. The van der Waals surface area contributed by atoms with Gasteiger partial charge in [-0.15, -0.1) is 10.2 Å². The van der Waals surface area contributed by atoms with Crippen molar-refractivity contribution in [3.05, 3.63) is 35.2 Å². The van der Waals surface area contributed by atoms with E-state index in [2.05, 4.69) is 46.6 Å². The number of benzene rings is 1. The highest BCUT2D eigenvalue weighted by molar-refractivity contribution is 5.39. The third kappa shape index (κ3) is 2.61. The van der Waals surface area contributed by atoms with Crippen molar-refractivity contribution >= 4 is 0 Å². The van der Waals surface area contributed by atoms with Crippen molar-refractivity contribution in [2.45, 2.75) is 26.2 Å². The summed E-state index contributed by atoms with van der Waals surface area (Å²) in [6.07, 6.45) is 0.625. The molecule has 1 N–H and O–H groups in total. The Labute approximate surface area is 100 Å². The molecule has 0 radical (unpaired) electrons. The summed E-state index contributed by atoms with van der Waals surface area (Å²) in [6.45, 7) is 4.33. The minimum atomic E-state index is 0.491. The van der Waals surface area contributed by atoms with Crippen LogP contribution in [0.5, 0.6) is 5.75 Å². The lowest BCUT2D eigenvalue weighted by atomic mass is 9.99. The molecular formula is C12H16N4O. The van der Waals surface area contributed by atoms with Crippen molar-refractivity contribution in [2.24, 2.45) is 0 Å². The summed E-state index contributed by atoms with van der Waals surface area (Å²) < 4.78 is 5.34. The van der Waals surface area contributed by atoms with Gasteiger partial charge in [0, 0.05) is 12.0 Å². The first-order valence-corrected chi connectivity index (χ1v) is 5.60. The highest BCUT2D eigenvalue weighted by Gasteiger charge is 2.09. The van der Waals surface area contributed by atoms with E-state index in [0.717, 1.165) is 11.3 Å². The van der Waals surface area contributed by atoms with Gasteiger partial charge in [0.15, 0.2) is 5.82 Å². The van der Waals surface area contributed by atoms with Crippen LogP contribution in [0.4, 0.5) is 0 Å². The van der Waals surface area contributed by atoms with Crippen molar-refractivity contribution in [3.8, 4) is 5.75 Å². The van der Waals surface area contributed by atoms with E-state index in [9.17, 15) is 0 Å². The Hall–Kier alpha value is -1.91. The van der Waals surface area contributed by atoms with Crippen LogP contribution in [0.1, 0.15) is 36.7 Å². The lowest BCUT2D eigenvalue weighted by molar-refractivity contribution is 0.410. The van der Waals surface area contributed by atoms with E-state index in [4.69, 9.17) is 4.74 Å². The monoisotopic (exact) mass is 232 g/mol. The van der Waals surface area contributed by atoms with Gasteiger partial charge in [0.2, 0.25) is 0 Å². The van der Waals surface area contributed by atoms with Gasteiger partial charge in [0.1, 0.15) is 5.75 Å². The summed E-state index contributed by atoms with van der Waals surface area (Å²) in [6, 6.07) is 6.22. The molecule has 0 bridgehead atoms. The van der Waals surface area contributed by atoms with Gasteiger partial charge < -0.3 is 4.74 Å². The van der Waals surface area contributed by atoms with Crippen LogP contribution in [-0.4, -0.2) is 27.7 Å². The van der Waals surface area contributed by atoms with Gasteiger partial charge in [-0.05, 0) is 17.5 Å². The van der Waals surface area contributed by atoms with Crippen LogP contribution in [0.15, 0.2) is 18.2 Å². The number of nitrogens with zero attached hydrogens (tertiary/aromatic N) is 3. The molecule has 0 unspecified atom stereocenters. The fourth-order valence-electron chi connectivity index (χ4n) is 1.72. The second-order valence-corrected chi connectivity index (χ2v) is 4.23. The maximum Gasteiger partial charge on any atom is 0.179 e. The van der Waals surface area contributed by atoms with Crippen LogP contribution in [-0.2, 0) is 6.42 Å². The zero-order valence-electron chi connectivity index (χ0n) is 10.3. The zero-order chi connectivity index (χ0) is 12.3. The van der Waals surface area contributed by atoms with Gasteiger partial charge >= 0.3 is 0 Å². The molecule has 2 rings (SSSR count). The van der Waals surface area contributed by atoms with Crippen LogP contribution < -0.4 is 4.74 Å². The number of aromatic nitrogens is 4. The second kappa shape index (κ2) is 4.95. The molecule has 1 aromatic carbocycles. The maximum absolute atomic E-state index is 5.34. The molecule has 1 heterocycles. The van der Waals surface area contributed by atoms with Crippen LogP contribution >= 0.6 is 0 Å². The minimum absolute atomic E-state index is 0.491. The second-order valence-electron chi connectivity index (χ2n) is 4.23. The third-order valence-electron chi connectivity index (χ3n) is 2.71. The van der Waals surface area contributed by atoms with E-state index in [1.54, 1.807) is 7.11 Å². The average molecular weight is 232 g/mol. The molecule has 0 saturated carbocycles. The van der Waals surface area contributed by atoms with E-state index in [1.165, 1.54) is 5.56 Å². The molecule has 0 fully saturated rings. The Bertz CT molecular complexity index is 479. The van der Waals surface area contributed by atoms with Crippen LogP contribution in [0.3, 0.4) is 0 Å². The van der Waals surface area contributed by atoms with Crippen molar-refractivity contribution in [3.63, 3.8) is 0 Å². The Kier molecular flexibility index (Phi) is 3.37. The SMILES string of the molecule is COc1ccc(C(C)C)cc1Cc1nn[nH]n1. The van der Waals surface area contributed by atoms with Gasteiger partial charge in [-0.3, -0.25) is 0 Å². The summed E-state index contributed by atoms with van der Waals surface area (Å²) in [5.74, 6) is 2.02. The Morgan fingerprint density at radius 3 is 2.76 bits per heavy atom. The minimum Gasteiger partial charge on any atom is -0.496 e. The van der Waals surface area contributed by atoms with Crippen molar-refractivity contribution in [2.75, 3.05) is 7.11 Å². The number of nitrogens with one attached hydrogen (secondary N) is 1. The highest BCUT2D eigenvalue weighted by Crippen LogP contribution is 2.25. The first-order chi connectivity index (χ1) is 8.20. The van der Waals surface area contributed by atoms with Crippen LogP contribution in [0.2, 0.25) is 0 Å². The summed E-state index contributed by atoms with van der Waals surface area (Å²) in [7, 11) is 1.67. The van der Waals surface area contributed by atoms with Gasteiger partial charge in [0.25, 0.3) is 0 Å². The molecule has 0 aliphatic carbocycles. The van der Waals surface area contributed by atoms with Gasteiger partial charge in [-0.1, -0.05) is 31.2 Å². The van der Waals surface area contributed by atoms with Crippen molar-refractivity contribution in [1.82, 2.24) is 20.6 Å². The van der Waals surface area contributed by atoms with Gasteiger partial charge in [-0.2, -0.15) is 5.21 Å². The Balaban J connectivity index is 2.32. The zero-order valence-corrected chi connectivity index (χ0v) is 10.3. The van der Waals surface area contributed by atoms with Crippen LogP contribution in [0.25, 0.3) is 0 Å². The molecule has 90 valence electrons. The predicted molar refractivity (Wildman–Crippen MR) is 64.1 cm³/mol. The maximum atomic E-state index is 5.34. The molecule has 1 aromatic heterocycles. The smallest absolute Gasteiger partial charge is 0.179 e. The quantitative estimate of drug-likeness (QED) is 0.874. The van der Waals surface area contributed by atoms with Gasteiger partial charge in [-0.25, -0.2) is 0 Å². The molecule has 17 heavy (non-hydrogen) atoms. The van der Waals surface area contributed by atoms with E-state index < -0.39 is 0 Å². The van der Waals surface area contributed by atoms with E-state index >= 15 is 0 Å². The number of rotatable bonds is 4. The van der Waals surface area contributed by atoms with Crippen LogP contribution in [0, 0.1) is 0 Å². The predicted octanol–water partition coefficient (Wildman–Crippen LogP) is 1.92. The molecule has 5 nitrogen and oxygen atoms in total. The standard InChI is InChI=1S/C12H16N4O/c1-8(2)9-4-5-11(17-3)10(6-9)7-12-13-15-16-14-12/h4-6,8H,7H2,1-3H3,(H,13,14,15,16). The number of hydrogen-bond acceptors (Lipinski definition) is 4. The number of methoxy groups -OCH3 is 1. The number of hydrogen-bond donors (Lipinski definition) is 1. The molecule has 0 aliphatic rings. The largest absolute Gasteiger partial charge is 0.496 e. The Morgan fingerprint density at radius 1 is 1.35 bits per heavy atom. The first-order valence-electron chi connectivity index (χ1n) is 5.60. The summed E-state index contributed by atoms with van der Waals surface area (Å²) in [4.78, 5) is 0. The van der Waals surface area contributed by atoms with E-state index in [-0.39, 0.29) is 0 Å². The number of aromatic amines is 1. The molecule has 2 aromatic rings. The van der Waals surface area contributed by atoms with E-state index in [0.29, 0.717) is 18.2 Å². The molecule has 0 aliphatic heterocycles. The number of H-pyrrole nitrogens is 1. The molecule has 5 heteroatoms. The fourth-order valence-corrected chi connectivity index (χ4v) is 1.72. The first kappa shape index (κ1) is 11.6. The summed E-state index contributed by atoms with van der Waals surface area (Å²) >= 11 is 0. The van der Waals surface area contributed by atoms with Gasteiger partial charge in [0.05, 0.1) is 7.11 Å². The lowest BCUT2D eigenvalue weighted by Gasteiger charge is -2.11.